The summed E-state index contributed by atoms with van der Waals surface area (Å²) in [6, 6.07) is 67.6. The highest BCUT2D eigenvalue weighted by Crippen LogP contribution is 2.36. The van der Waals surface area contributed by atoms with Crippen molar-refractivity contribution in [2.75, 3.05) is 0 Å². The maximum absolute atomic E-state index is 10.3. The largest absolute Gasteiger partial charge is 0.309 e. The van der Waals surface area contributed by atoms with Crippen molar-refractivity contribution in [3.05, 3.63) is 188 Å². The van der Waals surface area contributed by atoms with Crippen molar-refractivity contribution in [2.24, 2.45) is 0 Å². The first-order valence-electron chi connectivity index (χ1n) is 15.6. The second kappa shape index (κ2) is 11.5. The molecule has 0 amide bonds. The van der Waals surface area contributed by atoms with Crippen LogP contribution in [-0.2, 0) is 0 Å². The molecule has 0 unspecified atom stereocenters. The molecule has 0 aliphatic heterocycles. The van der Waals surface area contributed by atoms with Gasteiger partial charge in [-0.2, -0.15) is 5.26 Å². The Morgan fingerprint density at radius 3 is 1.41 bits per heavy atom. The SMILES string of the molecule is N#Cc1ccc(-c2ccccc2-n2c3ccccc3c3ccccc32)c([Si](c2ccccc2)(c2ccccc2)c2ccccc2)c1. The third kappa shape index (κ3) is 4.31. The number of aromatic nitrogens is 1. The third-order valence-corrected chi connectivity index (χ3v) is 14.0. The first kappa shape index (κ1) is 27.6. The molecule has 0 fully saturated rings. The Bertz CT molecular complexity index is 2220. The molecule has 0 atom stereocenters. The second-order valence-electron chi connectivity index (χ2n) is 11.6. The van der Waals surface area contributed by atoms with Gasteiger partial charge in [0.15, 0.2) is 8.07 Å². The third-order valence-electron chi connectivity index (χ3n) is 9.19. The fourth-order valence-corrected chi connectivity index (χ4v) is 12.3. The maximum atomic E-state index is 10.3. The van der Waals surface area contributed by atoms with Crippen molar-refractivity contribution < 1.29 is 0 Å². The molecule has 0 saturated carbocycles. The van der Waals surface area contributed by atoms with Gasteiger partial charge < -0.3 is 4.57 Å². The minimum Gasteiger partial charge on any atom is -0.309 e. The van der Waals surface area contributed by atoms with Crippen molar-refractivity contribution in [3.8, 4) is 22.9 Å². The lowest BCUT2D eigenvalue weighted by molar-refractivity contribution is 1.18. The topological polar surface area (TPSA) is 28.7 Å². The molecule has 0 radical (unpaired) electrons. The molecular formula is C43H30N2Si. The highest BCUT2D eigenvalue weighted by molar-refractivity contribution is 7.20. The van der Waals surface area contributed by atoms with Gasteiger partial charge in [-0.15, -0.1) is 0 Å². The van der Waals surface area contributed by atoms with Crippen LogP contribution in [0.15, 0.2) is 182 Å². The lowest BCUT2D eigenvalue weighted by atomic mass is 10.0. The van der Waals surface area contributed by atoms with Crippen LogP contribution >= 0.6 is 0 Å². The van der Waals surface area contributed by atoms with Crippen molar-refractivity contribution in [2.45, 2.75) is 0 Å². The summed E-state index contributed by atoms with van der Waals surface area (Å²) in [5.41, 5.74) is 6.39. The lowest BCUT2D eigenvalue weighted by Gasteiger charge is -2.36. The summed E-state index contributed by atoms with van der Waals surface area (Å²) < 4.78 is 2.40. The number of nitrogens with zero attached hydrogens (tertiary/aromatic N) is 2. The molecular weight excluding hydrogens is 573 g/mol. The summed E-state index contributed by atoms with van der Waals surface area (Å²) in [7, 11) is -2.95. The Morgan fingerprint density at radius 2 is 0.891 bits per heavy atom. The maximum Gasteiger partial charge on any atom is 0.180 e. The molecule has 8 aromatic rings. The molecule has 3 heteroatoms. The molecule has 0 spiro atoms. The standard InChI is InChI=1S/C43H30N2Si/c44-31-32-28-29-39(38-24-12-15-27-42(38)45-40-25-13-10-22-36(40)37-23-11-14-26-41(37)45)43(30-32)46(33-16-4-1-5-17-33,34-18-6-2-7-19-34)35-20-8-3-9-21-35/h1-30H. The summed E-state index contributed by atoms with van der Waals surface area (Å²) in [5.74, 6) is 0. The molecule has 216 valence electrons. The number of rotatable bonds is 6. The lowest BCUT2D eigenvalue weighted by Crippen LogP contribution is -2.75. The molecule has 1 aromatic heterocycles. The molecule has 0 aliphatic carbocycles. The predicted molar refractivity (Wildman–Crippen MR) is 195 cm³/mol. The average Bonchev–Trinajstić information content (AvgIpc) is 3.48. The molecule has 2 nitrogen and oxygen atoms in total. The van der Waals surface area contributed by atoms with Gasteiger partial charge in [-0.3, -0.25) is 0 Å². The Balaban J connectivity index is 1.52. The van der Waals surface area contributed by atoms with Crippen molar-refractivity contribution in [1.29, 1.82) is 5.26 Å². The molecule has 0 aliphatic rings. The van der Waals surface area contributed by atoms with Crippen molar-refractivity contribution in [3.63, 3.8) is 0 Å². The van der Waals surface area contributed by atoms with Gasteiger partial charge >= 0.3 is 0 Å². The Hall–Kier alpha value is -5.95. The fourth-order valence-electron chi connectivity index (χ4n) is 7.27. The number of hydrogen-bond donors (Lipinski definition) is 0. The van der Waals surface area contributed by atoms with E-state index in [-0.39, 0.29) is 0 Å². The van der Waals surface area contributed by atoms with Crippen LogP contribution in [0.5, 0.6) is 0 Å². The van der Waals surface area contributed by atoms with Gasteiger partial charge in [0.1, 0.15) is 0 Å². The fraction of sp³-hybridized carbons (Fsp3) is 0. The van der Waals surface area contributed by atoms with E-state index in [1.165, 1.54) is 42.6 Å². The van der Waals surface area contributed by atoms with Crippen LogP contribution in [0.4, 0.5) is 0 Å². The molecule has 1 heterocycles. The van der Waals surface area contributed by atoms with Crippen molar-refractivity contribution in [1.82, 2.24) is 4.57 Å². The summed E-state index contributed by atoms with van der Waals surface area (Å²) >= 11 is 0. The van der Waals surface area contributed by atoms with Gasteiger partial charge in [0.05, 0.1) is 28.4 Å². The number of fused-ring (bicyclic) bond motifs is 3. The van der Waals surface area contributed by atoms with Crippen LogP contribution in [0.1, 0.15) is 5.56 Å². The first-order valence-corrected chi connectivity index (χ1v) is 17.6. The van der Waals surface area contributed by atoms with E-state index < -0.39 is 8.07 Å². The van der Waals surface area contributed by atoms with E-state index in [0.717, 1.165) is 16.8 Å². The van der Waals surface area contributed by atoms with Gasteiger partial charge in [-0.25, -0.2) is 0 Å². The number of para-hydroxylation sites is 3. The van der Waals surface area contributed by atoms with Crippen molar-refractivity contribution >= 4 is 50.6 Å². The molecule has 46 heavy (non-hydrogen) atoms. The minimum atomic E-state index is -2.95. The van der Waals surface area contributed by atoms with Crippen LogP contribution in [0.3, 0.4) is 0 Å². The normalized spacial score (nSPS) is 11.5. The van der Waals surface area contributed by atoms with Gasteiger partial charge in [-0.1, -0.05) is 152 Å². The minimum absolute atomic E-state index is 0.660. The number of hydrogen-bond acceptors (Lipinski definition) is 1. The average molecular weight is 603 g/mol. The van der Waals surface area contributed by atoms with Gasteiger partial charge in [-0.05, 0) is 56.6 Å². The number of nitriles is 1. The Morgan fingerprint density at radius 1 is 0.435 bits per heavy atom. The second-order valence-corrected chi connectivity index (χ2v) is 15.4. The summed E-state index contributed by atoms with van der Waals surface area (Å²) in [6.07, 6.45) is 0. The Kier molecular flexibility index (Phi) is 6.91. The van der Waals surface area contributed by atoms with Gasteiger partial charge in [0.2, 0.25) is 0 Å². The van der Waals surface area contributed by atoms with Gasteiger partial charge in [0, 0.05) is 16.3 Å². The highest BCUT2D eigenvalue weighted by Gasteiger charge is 2.43. The first-order chi connectivity index (χ1) is 22.8. The number of benzene rings is 7. The molecule has 8 rings (SSSR count). The summed E-state index contributed by atoms with van der Waals surface area (Å²) in [6.45, 7) is 0. The molecule has 7 aromatic carbocycles. The van der Waals surface area contributed by atoms with E-state index in [4.69, 9.17) is 0 Å². The van der Waals surface area contributed by atoms with Gasteiger partial charge in [0.25, 0.3) is 0 Å². The van der Waals surface area contributed by atoms with E-state index >= 15 is 0 Å². The Labute approximate surface area is 270 Å². The quantitative estimate of drug-likeness (QED) is 0.142. The van der Waals surface area contributed by atoms with E-state index in [2.05, 4.69) is 187 Å². The summed E-state index contributed by atoms with van der Waals surface area (Å²) in [5, 5.41) is 17.8. The highest BCUT2D eigenvalue weighted by atomic mass is 28.3. The zero-order valence-electron chi connectivity index (χ0n) is 25.2. The molecule has 0 bridgehead atoms. The zero-order chi connectivity index (χ0) is 30.9. The van der Waals surface area contributed by atoms with Crippen LogP contribution in [0.2, 0.25) is 0 Å². The summed E-state index contributed by atoms with van der Waals surface area (Å²) in [4.78, 5) is 0. The van der Waals surface area contributed by atoms with E-state index in [1.54, 1.807) is 0 Å². The van der Waals surface area contributed by atoms with Crippen LogP contribution in [0.25, 0.3) is 38.6 Å². The van der Waals surface area contributed by atoms with E-state index in [9.17, 15) is 5.26 Å². The molecule has 0 N–H and O–H groups in total. The zero-order valence-corrected chi connectivity index (χ0v) is 26.2. The smallest absolute Gasteiger partial charge is 0.180 e. The molecule has 0 saturated heterocycles. The van der Waals surface area contributed by atoms with E-state index in [0.29, 0.717) is 5.56 Å². The van der Waals surface area contributed by atoms with Crippen LogP contribution in [0, 0.1) is 11.3 Å². The van der Waals surface area contributed by atoms with Crippen LogP contribution < -0.4 is 20.7 Å². The van der Waals surface area contributed by atoms with E-state index in [1.807, 2.05) is 6.07 Å². The van der Waals surface area contributed by atoms with Crippen LogP contribution in [-0.4, -0.2) is 12.6 Å². The monoisotopic (exact) mass is 602 g/mol. The predicted octanol–water partition coefficient (Wildman–Crippen LogP) is 7.70.